The molecule has 0 unspecified atom stereocenters. The number of hydrogen-bond acceptors (Lipinski definition) is 4. The van der Waals surface area contributed by atoms with Crippen LogP contribution >= 0.6 is 11.3 Å². The van der Waals surface area contributed by atoms with E-state index in [4.69, 9.17) is 0 Å². The maximum absolute atomic E-state index is 14.5. The van der Waals surface area contributed by atoms with Gasteiger partial charge in [-0.2, -0.15) is 0 Å². The number of carbonyl (C=O) groups excluding carboxylic acids is 2. The first-order chi connectivity index (χ1) is 17.9. The van der Waals surface area contributed by atoms with Crippen LogP contribution in [0.25, 0.3) is 6.08 Å². The smallest absolute Gasteiger partial charge is 0.197 e. The van der Waals surface area contributed by atoms with Crippen molar-refractivity contribution in [3.63, 3.8) is 0 Å². The van der Waals surface area contributed by atoms with Crippen molar-refractivity contribution in [3.8, 4) is 0 Å². The molecule has 0 aliphatic heterocycles. The number of halogens is 1. The Labute approximate surface area is 222 Å². The van der Waals surface area contributed by atoms with Gasteiger partial charge in [0.15, 0.2) is 11.6 Å². The Hall–Kier alpha value is -3.61. The van der Waals surface area contributed by atoms with E-state index in [-0.39, 0.29) is 23.0 Å². The monoisotopic (exact) mass is 525 g/mol. The third kappa shape index (κ3) is 4.63. The summed E-state index contributed by atoms with van der Waals surface area (Å²) in [6.45, 7) is 6.45. The second-order valence-corrected chi connectivity index (χ2v) is 14.0. The Bertz CT molecular complexity index is 1500. The van der Waals surface area contributed by atoms with Gasteiger partial charge in [0.1, 0.15) is 10.8 Å². The van der Waals surface area contributed by atoms with Crippen LogP contribution in [-0.2, 0) is 0 Å². The summed E-state index contributed by atoms with van der Waals surface area (Å²) in [5, 5.41) is 2.06. The Balaban J connectivity index is 1.62. The summed E-state index contributed by atoms with van der Waals surface area (Å²) in [5.41, 5.74) is 4.25. The summed E-state index contributed by atoms with van der Waals surface area (Å²) < 4.78 is 14.5. The summed E-state index contributed by atoms with van der Waals surface area (Å²) in [6, 6.07) is 26.3. The first-order valence-electron chi connectivity index (χ1n) is 12.6. The summed E-state index contributed by atoms with van der Waals surface area (Å²) in [5.74, 6) is -0.670. The fraction of sp³-hybridized carbons (Fsp3) is 0.161. The van der Waals surface area contributed by atoms with Gasteiger partial charge in [0.05, 0.1) is 14.4 Å². The highest BCUT2D eigenvalue weighted by Gasteiger charge is 2.32. The van der Waals surface area contributed by atoms with Crippen LogP contribution in [0.1, 0.15) is 45.0 Å². The molecular weight excluding hydrogens is 497 g/mol. The lowest BCUT2D eigenvalue weighted by Gasteiger charge is -2.29. The lowest BCUT2D eigenvalue weighted by Crippen LogP contribution is -2.33. The molecule has 0 saturated heterocycles. The lowest BCUT2D eigenvalue weighted by atomic mass is 10.1. The molecule has 0 N–H and O–H groups in total. The van der Waals surface area contributed by atoms with Crippen molar-refractivity contribution in [1.82, 2.24) is 0 Å². The fourth-order valence-electron chi connectivity index (χ4n) is 5.05. The zero-order valence-corrected chi connectivity index (χ0v) is 23.1. The predicted molar refractivity (Wildman–Crippen MR) is 155 cm³/mol. The van der Waals surface area contributed by atoms with Crippen LogP contribution in [-0.4, -0.2) is 20.4 Å². The van der Waals surface area contributed by atoms with Crippen LogP contribution in [0, 0.1) is 12.7 Å². The second-order valence-electron chi connectivity index (χ2n) is 9.28. The minimum atomic E-state index is -1.38. The van der Waals surface area contributed by atoms with Crippen LogP contribution in [0.3, 0.4) is 0 Å². The van der Waals surface area contributed by atoms with Crippen LogP contribution in [0.5, 0.6) is 0 Å². The summed E-state index contributed by atoms with van der Waals surface area (Å²) in [4.78, 5) is 28.9. The minimum Gasteiger partial charge on any atom is -0.302 e. The number of thiophene rings is 1. The van der Waals surface area contributed by atoms with Crippen molar-refractivity contribution in [1.29, 1.82) is 0 Å². The normalized spacial score (nSPS) is 12.8. The number of aryl methyl sites for hydroxylation is 1. The van der Waals surface area contributed by atoms with Gasteiger partial charge in [-0.1, -0.05) is 68.4 Å². The van der Waals surface area contributed by atoms with Crippen molar-refractivity contribution >= 4 is 59.3 Å². The number of rotatable bonds is 7. The highest BCUT2D eigenvalue weighted by Crippen LogP contribution is 2.41. The number of benzene rings is 3. The Morgan fingerprint density at radius 2 is 1.49 bits per heavy atom. The highest BCUT2D eigenvalue weighted by atomic mass is 32.1. The SMILES string of the molecule is CC[SiH](CC)c1cc(F)ccc1N(c1ccc(C=C2C(=O)c3ccccc3C2=O)s1)c1ccccc1C. The average Bonchev–Trinajstić information content (AvgIpc) is 3.46. The van der Waals surface area contributed by atoms with Crippen LogP contribution < -0.4 is 10.1 Å². The van der Waals surface area contributed by atoms with Crippen LogP contribution in [0.4, 0.5) is 20.8 Å². The van der Waals surface area contributed by atoms with Gasteiger partial charge in [-0.15, -0.1) is 11.3 Å². The molecule has 0 fully saturated rings. The molecule has 0 spiro atoms. The Morgan fingerprint density at radius 1 is 0.838 bits per heavy atom. The molecule has 1 aliphatic rings. The molecule has 3 aromatic carbocycles. The highest BCUT2D eigenvalue weighted by molar-refractivity contribution is 7.17. The van der Waals surface area contributed by atoms with E-state index in [0.29, 0.717) is 11.1 Å². The van der Waals surface area contributed by atoms with E-state index in [9.17, 15) is 14.0 Å². The Morgan fingerprint density at radius 3 is 2.14 bits per heavy atom. The quantitative estimate of drug-likeness (QED) is 0.142. The molecule has 0 atom stereocenters. The van der Waals surface area contributed by atoms with E-state index in [0.717, 1.165) is 44.1 Å². The molecule has 1 heterocycles. The average molecular weight is 526 g/mol. The first kappa shape index (κ1) is 25.1. The summed E-state index contributed by atoms with van der Waals surface area (Å²) >= 11 is 1.52. The number of ketones is 2. The zero-order valence-electron chi connectivity index (χ0n) is 21.1. The van der Waals surface area contributed by atoms with Gasteiger partial charge in [0.25, 0.3) is 0 Å². The number of para-hydroxylation sites is 1. The topological polar surface area (TPSA) is 37.4 Å². The van der Waals surface area contributed by atoms with Crippen LogP contribution in [0.2, 0.25) is 12.1 Å². The molecule has 5 rings (SSSR count). The molecule has 6 heteroatoms. The number of Topliss-reactive ketones (excluding diaryl/α,β-unsaturated/α-hetero) is 2. The number of fused-ring (bicyclic) bond motifs is 1. The standard InChI is InChI=1S/C31H28FNO2SSi/c1-4-37(5-2)28-18-21(32)14-16-27(28)33(26-13-9-6-10-20(26)3)29-17-15-22(36-29)19-25-30(34)23-11-7-8-12-24(23)31(25)35/h6-19,37H,4-5H2,1-3H3. The largest absolute Gasteiger partial charge is 0.302 e. The molecule has 37 heavy (non-hydrogen) atoms. The van der Waals surface area contributed by atoms with E-state index in [1.165, 1.54) is 17.4 Å². The zero-order chi connectivity index (χ0) is 26.1. The van der Waals surface area contributed by atoms with Gasteiger partial charge in [-0.3, -0.25) is 9.59 Å². The van der Waals surface area contributed by atoms with Crippen molar-refractivity contribution < 1.29 is 14.0 Å². The number of nitrogens with zero attached hydrogens (tertiary/aromatic N) is 1. The molecule has 0 bridgehead atoms. The molecule has 0 radical (unpaired) electrons. The second kappa shape index (κ2) is 10.4. The summed E-state index contributed by atoms with van der Waals surface area (Å²) in [6.07, 6.45) is 1.70. The van der Waals surface area contributed by atoms with Gasteiger partial charge in [-0.05, 0) is 60.1 Å². The molecule has 0 amide bonds. The van der Waals surface area contributed by atoms with Crippen molar-refractivity contribution in [2.24, 2.45) is 0 Å². The molecular formula is C31H28FNO2SSi. The van der Waals surface area contributed by atoms with Gasteiger partial charge in [0.2, 0.25) is 0 Å². The van der Waals surface area contributed by atoms with E-state index in [1.54, 1.807) is 36.4 Å². The molecule has 1 aliphatic carbocycles. The Kier molecular flexibility index (Phi) is 7.04. The number of hydrogen-bond donors (Lipinski definition) is 0. The van der Waals surface area contributed by atoms with Crippen molar-refractivity contribution in [3.05, 3.63) is 112 Å². The summed E-state index contributed by atoms with van der Waals surface area (Å²) in [7, 11) is -1.38. The minimum absolute atomic E-state index is 0.198. The van der Waals surface area contributed by atoms with Gasteiger partial charge >= 0.3 is 0 Å². The van der Waals surface area contributed by atoms with Gasteiger partial charge in [-0.25, -0.2) is 4.39 Å². The lowest BCUT2D eigenvalue weighted by molar-refractivity contribution is 0.0990. The van der Waals surface area contributed by atoms with Crippen LogP contribution in [0.15, 0.2) is 84.4 Å². The third-order valence-corrected chi connectivity index (χ3v) is 11.4. The van der Waals surface area contributed by atoms with Crippen molar-refractivity contribution in [2.45, 2.75) is 32.9 Å². The number of allylic oxidation sites excluding steroid dienone is 1. The molecule has 186 valence electrons. The maximum Gasteiger partial charge on any atom is 0.197 e. The van der Waals surface area contributed by atoms with Gasteiger partial charge < -0.3 is 4.90 Å². The number of carbonyl (C=O) groups is 2. The maximum atomic E-state index is 14.5. The predicted octanol–water partition coefficient (Wildman–Crippen LogP) is 7.60. The first-order valence-corrected chi connectivity index (χ1v) is 15.6. The van der Waals surface area contributed by atoms with Gasteiger partial charge in [0, 0.05) is 27.4 Å². The van der Waals surface area contributed by atoms with E-state index in [2.05, 4.69) is 37.8 Å². The molecule has 1 aromatic heterocycles. The molecule has 4 aromatic rings. The van der Waals surface area contributed by atoms with E-state index >= 15 is 0 Å². The molecule has 0 saturated carbocycles. The molecule has 3 nitrogen and oxygen atoms in total. The third-order valence-electron chi connectivity index (χ3n) is 7.04. The van der Waals surface area contributed by atoms with Crippen molar-refractivity contribution in [2.75, 3.05) is 4.90 Å². The van der Waals surface area contributed by atoms with E-state index in [1.807, 2.05) is 30.3 Å². The fourth-order valence-corrected chi connectivity index (χ4v) is 8.53. The number of anilines is 3. The van der Waals surface area contributed by atoms with E-state index < -0.39 is 8.80 Å².